The van der Waals surface area contributed by atoms with Gasteiger partial charge in [-0.15, -0.1) is 0 Å². The average Bonchev–Trinajstić information content (AvgIpc) is 2.81. The van der Waals surface area contributed by atoms with Crippen LogP contribution in [0.15, 0.2) is 11.2 Å². The largest absolute Gasteiger partial charge is 0.477 e. The molecular weight excluding hydrogens is 258 g/mol. The molecule has 0 radical (unpaired) electrons. The minimum Gasteiger partial charge on any atom is -0.477 e. The number of nitrogens with zero attached hydrogens (tertiary/aromatic N) is 2. The summed E-state index contributed by atoms with van der Waals surface area (Å²) in [5, 5.41) is 13.2. The summed E-state index contributed by atoms with van der Waals surface area (Å²) in [6, 6.07) is 1.66. The second-order valence-electron chi connectivity index (χ2n) is 6.00. The molecule has 0 saturated carbocycles. The molecule has 1 aliphatic heterocycles. The lowest BCUT2D eigenvalue weighted by Gasteiger charge is -2.17. The molecule has 6 heteroatoms. The van der Waals surface area contributed by atoms with Crippen LogP contribution >= 0.6 is 0 Å². The van der Waals surface area contributed by atoms with Gasteiger partial charge in [0.25, 0.3) is 0 Å². The van der Waals surface area contributed by atoms with Gasteiger partial charge in [-0.25, -0.2) is 9.78 Å². The zero-order valence-corrected chi connectivity index (χ0v) is 12.1. The van der Waals surface area contributed by atoms with Gasteiger partial charge < -0.3 is 15.7 Å². The number of rotatable bonds is 2. The van der Waals surface area contributed by atoms with E-state index in [9.17, 15) is 4.79 Å². The Hall–Kier alpha value is -2.11. The fourth-order valence-corrected chi connectivity index (χ4v) is 2.00. The fourth-order valence-electron chi connectivity index (χ4n) is 2.00. The Morgan fingerprint density at radius 3 is 2.65 bits per heavy atom. The molecule has 20 heavy (non-hydrogen) atoms. The fraction of sp³-hybridized carbons (Fsp3) is 0.500. The highest BCUT2D eigenvalue weighted by Gasteiger charge is 2.32. The van der Waals surface area contributed by atoms with E-state index < -0.39 is 5.97 Å². The molecule has 2 rings (SSSR count). The van der Waals surface area contributed by atoms with Crippen molar-refractivity contribution in [2.75, 3.05) is 5.73 Å². The first kappa shape index (κ1) is 14.3. The molecule has 1 aromatic heterocycles. The number of hydrogen-bond acceptors (Lipinski definition) is 5. The maximum Gasteiger partial charge on any atom is 0.354 e. The molecular formula is C14H19N3O3. The molecule has 0 aliphatic carbocycles. The lowest BCUT2D eigenvalue weighted by atomic mass is 9.87. The van der Waals surface area contributed by atoms with Gasteiger partial charge in [-0.2, -0.15) is 0 Å². The van der Waals surface area contributed by atoms with E-state index in [1.165, 1.54) is 0 Å². The number of anilines is 1. The SMILES string of the molecule is Cc1c(N)cc(C2CC(C(C)(C)C)=NO2)nc1C(=O)O. The number of carboxylic acids is 1. The Balaban J connectivity index is 2.31. The van der Waals surface area contributed by atoms with Gasteiger partial charge in [-0.3, -0.25) is 0 Å². The van der Waals surface area contributed by atoms with Gasteiger partial charge in [0.15, 0.2) is 11.8 Å². The molecule has 1 unspecified atom stereocenters. The zero-order valence-electron chi connectivity index (χ0n) is 12.1. The van der Waals surface area contributed by atoms with Crippen LogP contribution in [0.1, 0.15) is 55.0 Å². The number of oxime groups is 1. The van der Waals surface area contributed by atoms with Crippen molar-refractivity contribution in [3.63, 3.8) is 0 Å². The predicted molar refractivity (Wildman–Crippen MR) is 75.7 cm³/mol. The summed E-state index contributed by atoms with van der Waals surface area (Å²) in [6.07, 6.45) is 0.225. The van der Waals surface area contributed by atoms with Crippen molar-refractivity contribution in [1.82, 2.24) is 4.98 Å². The number of carboxylic acid groups (broad SMARTS) is 1. The van der Waals surface area contributed by atoms with Crippen LogP contribution in [0.4, 0.5) is 5.69 Å². The quantitative estimate of drug-likeness (QED) is 0.865. The number of pyridine rings is 1. The lowest BCUT2D eigenvalue weighted by molar-refractivity contribution is 0.0682. The highest BCUT2D eigenvalue weighted by molar-refractivity contribution is 5.91. The first-order chi connectivity index (χ1) is 9.20. The van der Waals surface area contributed by atoms with Gasteiger partial charge in [0.2, 0.25) is 0 Å². The van der Waals surface area contributed by atoms with E-state index in [1.54, 1.807) is 13.0 Å². The molecule has 0 bridgehead atoms. The van der Waals surface area contributed by atoms with E-state index in [4.69, 9.17) is 15.7 Å². The van der Waals surface area contributed by atoms with Gasteiger partial charge in [0.1, 0.15) is 0 Å². The summed E-state index contributed by atoms with van der Waals surface area (Å²) in [5.41, 5.74) is 8.04. The summed E-state index contributed by atoms with van der Waals surface area (Å²) in [7, 11) is 0. The number of aromatic nitrogens is 1. The Morgan fingerprint density at radius 2 is 2.15 bits per heavy atom. The minimum absolute atomic E-state index is 0.0344. The van der Waals surface area contributed by atoms with Gasteiger partial charge >= 0.3 is 5.97 Å². The lowest BCUT2D eigenvalue weighted by Crippen LogP contribution is -2.19. The maximum absolute atomic E-state index is 11.2. The molecule has 1 atom stereocenters. The van der Waals surface area contributed by atoms with E-state index in [2.05, 4.69) is 30.9 Å². The molecule has 3 N–H and O–H groups in total. The van der Waals surface area contributed by atoms with Crippen molar-refractivity contribution in [1.29, 1.82) is 0 Å². The topological polar surface area (TPSA) is 97.8 Å². The Morgan fingerprint density at radius 1 is 1.50 bits per heavy atom. The van der Waals surface area contributed by atoms with E-state index in [0.29, 0.717) is 23.4 Å². The Bertz CT molecular complexity index is 588. The van der Waals surface area contributed by atoms with Crippen LogP contribution in [-0.2, 0) is 4.84 Å². The van der Waals surface area contributed by atoms with Gasteiger partial charge in [-0.05, 0) is 13.0 Å². The summed E-state index contributed by atoms with van der Waals surface area (Å²) in [6.45, 7) is 7.80. The van der Waals surface area contributed by atoms with Gasteiger partial charge in [0.05, 0.1) is 11.4 Å². The molecule has 0 amide bonds. The first-order valence-electron chi connectivity index (χ1n) is 6.43. The van der Waals surface area contributed by atoms with Crippen molar-refractivity contribution in [2.24, 2.45) is 10.6 Å². The van der Waals surface area contributed by atoms with Crippen LogP contribution in [0.2, 0.25) is 0 Å². The molecule has 108 valence electrons. The molecule has 1 aliphatic rings. The number of aromatic carboxylic acids is 1. The van der Waals surface area contributed by atoms with Gasteiger partial charge in [-0.1, -0.05) is 25.9 Å². The number of nitrogen functional groups attached to an aromatic ring is 1. The highest BCUT2D eigenvalue weighted by Crippen LogP contribution is 2.34. The maximum atomic E-state index is 11.2. The van der Waals surface area contributed by atoms with Crippen molar-refractivity contribution in [2.45, 2.75) is 40.2 Å². The van der Waals surface area contributed by atoms with E-state index >= 15 is 0 Å². The van der Waals surface area contributed by atoms with Crippen LogP contribution in [0.5, 0.6) is 0 Å². The average molecular weight is 277 g/mol. The molecule has 0 saturated heterocycles. The van der Waals surface area contributed by atoms with Crippen LogP contribution in [0.3, 0.4) is 0 Å². The predicted octanol–water partition coefficient (Wildman–Crippen LogP) is 2.53. The standard InChI is InChI=1S/C14H19N3O3/c1-7-8(15)5-9(16-12(7)13(18)19)10-6-11(17-20-10)14(2,3)4/h5,10H,6H2,1-4H3,(H2,15,16)(H,18,19). The minimum atomic E-state index is -1.09. The van der Waals surface area contributed by atoms with E-state index in [0.717, 1.165) is 5.71 Å². The second kappa shape index (κ2) is 4.77. The Kier molecular flexibility index (Phi) is 3.41. The Labute approximate surface area is 117 Å². The normalized spacial score (nSPS) is 18.6. The molecule has 1 aromatic rings. The molecule has 0 spiro atoms. The molecule has 0 aromatic carbocycles. The summed E-state index contributed by atoms with van der Waals surface area (Å²) >= 11 is 0. The second-order valence-corrected chi connectivity index (χ2v) is 6.00. The smallest absolute Gasteiger partial charge is 0.354 e. The van der Waals surface area contributed by atoms with Crippen molar-refractivity contribution >= 4 is 17.4 Å². The third kappa shape index (κ3) is 2.59. The third-order valence-corrected chi connectivity index (χ3v) is 3.40. The summed E-state index contributed by atoms with van der Waals surface area (Å²) in [4.78, 5) is 20.7. The van der Waals surface area contributed by atoms with Crippen LogP contribution in [-0.4, -0.2) is 21.8 Å². The first-order valence-corrected chi connectivity index (χ1v) is 6.43. The third-order valence-electron chi connectivity index (χ3n) is 3.40. The number of hydrogen-bond donors (Lipinski definition) is 2. The van der Waals surface area contributed by atoms with Gasteiger partial charge in [0, 0.05) is 23.1 Å². The zero-order chi connectivity index (χ0) is 15.1. The highest BCUT2D eigenvalue weighted by atomic mass is 16.6. The molecule has 2 heterocycles. The number of carbonyl (C=O) groups is 1. The van der Waals surface area contributed by atoms with Crippen LogP contribution < -0.4 is 5.73 Å². The van der Waals surface area contributed by atoms with Crippen molar-refractivity contribution < 1.29 is 14.7 Å². The van der Waals surface area contributed by atoms with E-state index in [1.807, 2.05) is 0 Å². The van der Waals surface area contributed by atoms with E-state index in [-0.39, 0.29) is 17.2 Å². The molecule has 0 fully saturated rings. The summed E-state index contributed by atoms with van der Waals surface area (Å²) < 4.78 is 0. The van der Waals surface area contributed by atoms with Crippen molar-refractivity contribution in [3.05, 3.63) is 23.0 Å². The monoisotopic (exact) mass is 277 g/mol. The van der Waals surface area contributed by atoms with Crippen LogP contribution in [0.25, 0.3) is 0 Å². The molecule has 6 nitrogen and oxygen atoms in total. The summed E-state index contributed by atoms with van der Waals surface area (Å²) in [5.74, 6) is -1.09. The van der Waals surface area contributed by atoms with Crippen LogP contribution in [0, 0.1) is 12.3 Å². The number of nitrogens with two attached hydrogens (primary N) is 1. The van der Waals surface area contributed by atoms with Crippen molar-refractivity contribution in [3.8, 4) is 0 Å².